The third-order valence-corrected chi connectivity index (χ3v) is 3.42. The summed E-state index contributed by atoms with van der Waals surface area (Å²) in [6.07, 6.45) is 0. The van der Waals surface area contributed by atoms with Crippen molar-refractivity contribution >= 4 is 17.3 Å². The molecule has 2 rings (SSSR count). The van der Waals surface area contributed by atoms with E-state index < -0.39 is 6.61 Å². The van der Waals surface area contributed by atoms with Crippen LogP contribution in [0.3, 0.4) is 0 Å². The maximum atomic E-state index is 12.1. The summed E-state index contributed by atoms with van der Waals surface area (Å²) in [5, 5.41) is 3.40. The highest BCUT2D eigenvalue weighted by Gasteiger charge is 2.10. The Morgan fingerprint density at radius 2 is 1.86 bits per heavy atom. The molecule has 2 aromatic carbocycles. The Hall–Kier alpha value is -1.81. The molecular weight excluding hydrogens is 296 g/mol. The molecule has 0 amide bonds. The van der Waals surface area contributed by atoms with Crippen molar-refractivity contribution < 1.29 is 13.5 Å². The van der Waals surface area contributed by atoms with Gasteiger partial charge in [0.15, 0.2) is 0 Å². The van der Waals surface area contributed by atoms with Gasteiger partial charge in [-0.2, -0.15) is 8.78 Å². The lowest BCUT2D eigenvalue weighted by atomic mass is 10.0. The molecule has 0 aliphatic rings. The summed E-state index contributed by atoms with van der Waals surface area (Å²) in [5.41, 5.74) is 2.00. The largest absolute Gasteiger partial charge is 0.433 e. The first-order valence-corrected chi connectivity index (χ1v) is 6.97. The predicted octanol–water partition coefficient (Wildman–Crippen LogP) is 5.16. The minimum atomic E-state index is -2.88. The van der Waals surface area contributed by atoms with Crippen LogP contribution in [0.5, 0.6) is 5.75 Å². The number of benzene rings is 2. The number of halogens is 3. The Kier molecular flexibility index (Phi) is 5.39. The first-order valence-electron chi connectivity index (χ1n) is 6.59. The molecule has 5 heteroatoms. The number of alkyl halides is 2. The van der Waals surface area contributed by atoms with E-state index in [0.717, 1.165) is 12.2 Å². The fourth-order valence-corrected chi connectivity index (χ4v) is 2.20. The molecule has 21 heavy (non-hydrogen) atoms. The van der Waals surface area contributed by atoms with Crippen molar-refractivity contribution in [1.82, 2.24) is 0 Å². The molecule has 0 spiro atoms. The molecule has 0 aliphatic carbocycles. The van der Waals surface area contributed by atoms with Crippen LogP contribution < -0.4 is 10.1 Å². The van der Waals surface area contributed by atoms with E-state index >= 15 is 0 Å². The van der Waals surface area contributed by atoms with E-state index in [1.54, 1.807) is 12.1 Å². The second-order valence-corrected chi connectivity index (χ2v) is 5.12. The zero-order valence-corrected chi connectivity index (χ0v) is 12.3. The van der Waals surface area contributed by atoms with Crippen LogP contribution in [0.25, 0.3) is 0 Å². The summed E-state index contributed by atoms with van der Waals surface area (Å²) in [6, 6.07) is 14.8. The van der Waals surface area contributed by atoms with Gasteiger partial charge in [0.2, 0.25) is 0 Å². The summed E-state index contributed by atoms with van der Waals surface area (Å²) in [7, 11) is 0. The molecule has 0 saturated heterocycles. The van der Waals surface area contributed by atoms with Gasteiger partial charge < -0.3 is 10.1 Å². The maximum absolute atomic E-state index is 12.1. The summed E-state index contributed by atoms with van der Waals surface area (Å²) in [5.74, 6) is 0.301. The maximum Gasteiger partial charge on any atom is 0.387 e. The second-order valence-electron chi connectivity index (χ2n) is 4.72. The van der Waals surface area contributed by atoms with Gasteiger partial charge in [0.05, 0.1) is 5.02 Å². The average molecular weight is 312 g/mol. The van der Waals surface area contributed by atoms with Crippen molar-refractivity contribution in [3.63, 3.8) is 0 Å². The minimum Gasteiger partial charge on any atom is -0.433 e. The standard InChI is InChI=1S/C16H16ClF2NO/c1-11(12-5-3-2-4-6-12)10-20-13-7-8-15(14(17)9-13)21-16(18)19/h2-9,11,16,20H,10H2,1H3. The van der Waals surface area contributed by atoms with E-state index in [9.17, 15) is 8.78 Å². The lowest BCUT2D eigenvalue weighted by molar-refractivity contribution is -0.0497. The zero-order valence-electron chi connectivity index (χ0n) is 11.5. The average Bonchev–Trinajstić information content (AvgIpc) is 2.48. The van der Waals surface area contributed by atoms with Gasteiger partial charge in [0.1, 0.15) is 5.75 Å². The Balaban J connectivity index is 1.96. The number of ether oxygens (including phenoxy) is 1. The molecule has 1 atom stereocenters. The molecule has 0 saturated carbocycles. The van der Waals surface area contributed by atoms with Crippen molar-refractivity contribution in [2.24, 2.45) is 0 Å². The molecule has 2 aromatic rings. The van der Waals surface area contributed by atoms with Gasteiger partial charge in [0, 0.05) is 12.2 Å². The van der Waals surface area contributed by atoms with Gasteiger partial charge in [-0.3, -0.25) is 0 Å². The molecule has 1 N–H and O–H groups in total. The quantitative estimate of drug-likeness (QED) is 0.796. The fourth-order valence-electron chi connectivity index (χ4n) is 1.97. The summed E-state index contributed by atoms with van der Waals surface area (Å²) < 4.78 is 28.6. The van der Waals surface area contributed by atoms with Gasteiger partial charge in [-0.25, -0.2) is 0 Å². The fraction of sp³-hybridized carbons (Fsp3) is 0.250. The number of hydrogen-bond donors (Lipinski definition) is 1. The molecule has 0 aromatic heterocycles. The van der Waals surface area contributed by atoms with Gasteiger partial charge in [-0.15, -0.1) is 0 Å². The molecule has 112 valence electrons. The molecule has 1 unspecified atom stereocenters. The van der Waals surface area contributed by atoms with Crippen LogP contribution in [-0.4, -0.2) is 13.2 Å². The smallest absolute Gasteiger partial charge is 0.387 e. The first kappa shape index (κ1) is 15.6. The molecule has 2 nitrogen and oxygen atoms in total. The van der Waals surface area contributed by atoms with Crippen molar-refractivity contribution in [2.45, 2.75) is 19.5 Å². The summed E-state index contributed by atoms with van der Waals surface area (Å²) in [4.78, 5) is 0. The molecule has 0 bridgehead atoms. The topological polar surface area (TPSA) is 21.3 Å². The highest BCUT2D eigenvalue weighted by Crippen LogP contribution is 2.29. The first-order chi connectivity index (χ1) is 10.1. The van der Waals surface area contributed by atoms with Crippen LogP contribution in [0.15, 0.2) is 48.5 Å². The van der Waals surface area contributed by atoms with E-state index in [2.05, 4.69) is 29.1 Å². The van der Waals surface area contributed by atoms with Crippen molar-refractivity contribution in [2.75, 3.05) is 11.9 Å². The Morgan fingerprint density at radius 1 is 1.14 bits per heavy atom. The SMILES string of the molecule is CC(CNc1ccc(OC(F)F)c(Cl)c1)c1ccccc1. The minimum absolute atomic E-state index is 0.0201. The predicted molar refractivity (Wildman–Crippen MR) is 81.4 cm³/mol. The van der Waals surface area contributed by atoms with Crippen molar-refractivity contribution in [3.05, 3.63) is 59.1 Å². The lowest BCUT2D eigenvalue weighted by Gasteiger charge is -2.15. The normalized spacial score (nSPS) is 12.2. The number of nitrogens with one attached hydrogen (secondary N) is 1. The molecule has 0 aliphatic heterocycles. The van der Waals surface area contributed by atoms with E-state index in [1.165, 1.54) is 11.6 Å². The Labute approximate surface area is 127 Å². The highest BCUT2D eigenvalue weighted by molar-refractivity contribution is 6.32. The number of anilines is 1. The molecule has 0 radical (unpaired) electrons. The zero-order chi connectivity index (χ0) is 15.2. The Morgan fingerprint density at radius 3 is 2.48 bits per heavy atom. The summed E-state index contributed by atoms with van der Waals surface area (Å²) >= 11 is 5.91. The number of hydrogen-bond acceptors (Lipinski definition) is 2. The van der Waals surface area contributed by atoms with Crippen LogP contribution >= 0.6 is 11.6 Å². The van der Waals surface area contributed by atoms with E-state index in [-0.39, 0.29) is 10.8 Å². The van der Waals surface area contributed by atoms with E-state index in [0.29, 0.717) is 5.92 Å². The van der Waals surface area contributed by atoms with Crippen molar-refractivity contribution in [3.8, 4) is 5.75 Å². The van der Waals surface area contributed by atoms with E-state index in [4.69, 9.17) is 11.6 Å². The molecular formula is C16H16ClF2NO. The van der Waals surface area contributed by atoms with Crippen LogP contribution in [0.2, 0.25) is 5.02 Å². The highest BCUT2D eigenvalue weighted by atomic mass is 35.5. The van der Waals surface area contributed by atoms with Crippen molar-refractivity contribution in [1.29, 1.82) is 0 Å². The lowest BCUT2D eigenvalue weighted by Crippen LogP contribution is -2.10. The molecule has 0 fully saturated rings. The van der Waals surface area contributed by atoms with Gasteiger partial charge >= 0.3 is 6.61 Å². The van der Waals surface area contributed by atoms with Crippen LogP contribution in [0.1, 0.15) is 18.4 Å². The van der Waals surface area contributed by atoms with Crippen LogP contribution in [-0.2, 0) is 0 Å². The second kappa shape index (κ2) is 7.27. The number of rotatable bonds is 6. The molecule has 0 heterocycles. The third kappa shape index (κ3) is 4.60. The van der Waals surface area contributed by atoms with Gasteiger partial charge in [-0.05, 0) is 29.7 Å². The van der Waals surface area contributed by atoms with Gasteiger partial charge in [0.25, 0.3) is 0 Å². The summed E-state index contributed by atoms with van der Waals surface area (Å²) in [6.45, 7) is -0.0486. The van der Waals surface area contributed by atoms with E-state index in [1.807, 2.05) is 18.2 Å². The monoisotopic (exact) mass is 311 g/mol. The third-order valence-electron chi connectivity index (χ3n) is 3.13. The van der Waals surface area contributed by atoms with Gasteiger partial charge in [-0.1, -0.05) is 48.9 Å². The Bertz CT molecular complexity index is 578. The van der Waals surface area contributed by atoms with Crippen LogP contribution in [0, 0.1) is 0 Å². The van der Waals surface area contributed by atoms with Crippen LogP contribution in [0.4, 0.5) is 14.5 Å².